The third-order valence-corrected chi connectivity index (χ3v) is 21.9. The molecular weight excluding hydrogens is 503 g/mol. The molecule has 0 bridgehead atoms. The van der Waals surface area contributed by atoms with Gasteiger partial charge < -0.3 is 0 Å². The van der Waals surface area contributed by atoms with Crippen LogP contribution in [0.2, 0.25) is 9.26 Å². The molecule has 0 saturated heterocycles. The molecule has 0 unspecified atom stereocenters. The molecule has 0 saturated carbocycles. The van der Waals surface area contributed by atoms with E-state index in [4.69, 9.17) is 0 Å². The summed E-state index contributed by atoms with van der Waals surface area (Å²) in [5.41, 5.74) is 11.5. The van der Waals surface area contributed by atoms with Crippen molar-refractivity contribution in [2.75, 3.05) is 0 Å². The van der Waals surface area contributed by atoms with Crippen LogP contribution in [0.3, 0.4) is 0 Å². The van der Waals surface area contributed by atoms with Gasteiger partial charge >= 0.3 is 173 Å². The Bertz CT molecular complexity index is 1150. The van der Waals surface area contributed by atoms with Crippen LogP contribution in [0.4, 0.5) is 0 Å². The number of hydrogen-bond donors (Lipinski definition) is 0. The van der Waals surface area contributed by atoms with E-state index in [2.05, 4.69) is 105 Å². The second-order valence-electron chi connectivity index (χ2n) is 9.55. The Morgan fingerprint density at radius 1 is 0.533 bits per heavy atom. The minimum Gasteiger partial charge on any atom is -0.147 e. The molecule has 30 heavy (non-hydrogen) atoms. The number of rotatable bonds is 2. The van der Waals surface area contributed by atoms with Gasteiger partial charge in [-0.25, -0.2) is 0 Å². The van der Waals surface area contributed by atoms with E-state index < -0.39 is 17.4 Å². The van der Waals surface area contributed by atoms with Crippen molar-refractivity contribution in [3.05, 3.63) is 82.9 Å². The predicted octanol–water partition coefficient (Wildman–Crippen LogP) is 6.26. The van der Waals surface area contributed by atoms with Crippen molar-refractivity contribution in [1.82, 2.24) is 0 Å². The topological polar surface area (TPSA) is 0 Å². The van der Waals surface area contributed by atoms with Gasteiger partial charge in [0.15, 0.2) is 0 Å². The van der Waals surface area contributed by atoms with Crippen molar-refractivity contribution in [3.8, 4) is 22.3 Å². The summed E-state index contributed by atoms with van der Waals surface area (Å²) in [6.45, 7) is 11.5. The van der Waals surface area contributed by atoms with Crippen LogP contribution in [-0.2, 0) is 17.4 Å². The smallest absolute Gasteiger partial charge is 0.147 e. The Morgan fingerprint density at radius 2 is 0.867 bits per heavy atom. The Kier molecular flexibility index (Phi) is 7.22. The van der Waals surface area contributed by atoms with Crippen molar-refractivity contribution in [3.63, 3.8) is 0 Å². The number of aryl methyl sites for hydroxylation is 4. The summed E-state index contributed by atoms with van der Waals surface area (Å²) in [6.07, 6.45) is 0. The van der Waals surface area contributed by atoms with Gasteiger partial charge in [0.05, 0.1) is 0 Å². The third kappa shape index (κ3) is 3.86. The molecule has 4 heteroatoms. The van der Waals surface area contributed by atoms with Gasteiger partial charge in [0.25, 0.3) is 0 Å². The first-order chi connectivity index (χ1) is 13.1. The molecule has 0 heterocycles. The first-order valence-electron chi connectivity index (χ1n) is 10.2. The summed E-state index contributed by atoms with van der Waals surface area (Å²) in [6, 6.07) is 22.8. The van der Waals surface area contributed by atoms with E-state index in [0.717, 1.165) is 0 Å². The fraction of sp³-hybridized carbons (Fsp3) is 0.231. The molecule has 0 aromatic carbocycles. The molecule has 0 fully saturated rings. The molecule has 158 valence electrons. The monoisotopic (exact) mass is 532 g/mol. The van der Waals surface area contributed by atoms with Gasteiger partial charge in [-0.15, -0.1) is 24.8 Å². The van der Waals surface area contributed by atoms with Crippen molar-refractivity contribution in [1.29, 1.82) is 0 Å². The molecule has 0 aliphatic heterocycles. The maximum Gasteiger partial charge on any atom is -0.147 e. The summed E-state index contributed by atoms with van der Waals surface area (Å²) in [4.78, 5) is 0. The standard InChI is InChI=1S/2C12H11.2CH3.2ClH.H2Si.Zr/c2*1-9-7-11-6-4-3-5-10(2)12(11)8-9;;;;;;/h2*3-6,8H,1-2H3;2*1H3;2*1H;1H2;. The van der Waals surface area contributed by atoms with Crippen LogP contribution in [0.1, 0.15) is 22.3 Å². The van der Waals surface area contributed by atoms with Crippen LogP contribution in [-0.4, -0.2) is 6.88 Å². The molecule has 0 radical (unpaired) electrons. The Hall–Kier alpha value is -0.920. The second-order valence-corrected chi connectivity index (χ2v) is 37.8. The van der Waals surface area contributed by atoms with Crippen LogP contribution >= 0.6 is 24.8 Å². The van der Waals surface area contributed by atoms with Crippen LogP contribution in [0.25, 0.3) is 22.3 Å². The molecule has 0 aromatic heterocycles. The SMILES string of the molecule is Cc1ccccc2[c]([Zr]([CH3])([CH3])(=[SiH2])[c]3c(C)cc4c(C)ccccc3-4)c(C)cc1-2.Cl.Cl. The van der Waals surface area contributed by atoms with Crippen LogP contribution in [0, 0.1) is 27.7 Å². The third-order valence-electron chi connectivity index (χ3n) is 6.52. The van der Waals surface area contributed by atoms with Crippen molar-refractivity contribution in [2.24, 2.45) is 0 Å². The second kappa shape index (κ2) is 8.55. The fourth-order valence-electron chi connectivity index (χ4n) is 5.56. The molecule has 0 aromatic rings. The van der Waals surface area contributed by atoms with E-state index in [-0.39, 0.29) is 24.8 Å². The number of fused-ring (bicyclic) bond motifs is 2. The van der Waals surface area contributed by atoms with Crippen LogP contribution in [0.5, 0.6) is 0 Å². The van der Waals surface area contributed by atoms with Gasteiger partial charge in [0.1, 0.15) is 0 Å². The van der Waals surface area contributed by atoms with E-state index >= 15 is 0 Å². The van der Waals surface area contributed by atoms with Gasteiger partial charge in [-0.3, -0.25) is 0 Å². The van der Waals surface area contributed by atoms with E-state index in [1.165, 1.54) is 44.5 Å². The van der Waals surface area contributed by atoms with Crippen LogP contribution in [0.15, 0.2) is 60.7 Å². The summed E-state index contributed by atoms with van der Waals surface area (Å²) < 4.78 is 8.59. The predicted molar refractivity (Wildman–Crippen MR) is 139 cm³/mol. The molecule has 4 rings (SSSR count). The maximum atomic E-state index is 2.63. The van der Waals surface area contributed by atoms with Gasteiger partial charge in [-0.2, -0.15) is 0 Å². The molecule has 0 spiro atoms. The number of halogens is 2. The molecule has 4 aliphatic carbocycles. The van der Waals surface area contributed by atoms with Crippen molar-refractivity contribution in [2.45, 2.75) is 37.0 Å². The molecular formula is C26H32Cl2SiZr. The summed E-state index contributed by atoms with van der Waals surface area (Å²) in [7, 11) is 0. The van der Waals surface area contributed by atoms with Crippen LogP contribution < -0.4 is 6.54 Å². The summed E-state index contributed by atoms with van der Waals surface area (Å²) in [5, 5.41) is 0. The van der Waals surface area contributed by atoms with Gasteiger partial charge in [0.2, 0.25) is 0 Å². The minimum atomic E-state index is -3.48. The molecule has 0 atom stereocenters. The number of hydrogen-bond acceptors (Lipinski definition) is 0. The Labute approximate surface area is 196 Å². The molecule has 0 N–H and O–H groups in total. The van der Waals surface area contributed by atoms with E-state index in [0.29, 0.717) is 0 Å². The minimum absolute atomic E-state index is 0. The molecule has 0 amide bonds. The molecule has 0 nitrogen and oxygen atoms in total. The van der Waals surface area contributed by atoms with Crippen molar-refractivity contribution < 1.29 is 17.4 Å². The van der Waals surface area contributed by atoms with Gasteiger partial charge in [-0.1, -0.05) is 0 Å². The zero-order valence-electron chi connectivity index (χ0n) is 18.8. The van der Waals surface area contributed by atoms with Gasteiger partial charge in [0, 0.05) is 0 Å². The van der Waals surface area contributed by atoms with E-state index in [9.17, 15) is 0 Å². The Balaban J connectivity index is 0.00000160. The van der Waals surface area contributed by atoms with E-state index in [1.807, 2.05) is 0 Å². The van der Waals surface area contributed by atoms with Gasteiger partial charge in [-0.05, 0) is 0 Å². The fourth-order valence-corrected chi connectivity index (χ4v) is 23.6. The Morgan fingerprint density at radius 3 is 1.23 bits per heavy atom. The first kappa shape index (κ1) is 25.3. The first-order valence-corrected chi connectivity index (χ1v) is 23.5. The average molecular weight is 535 g/mol. The average Bonchev–Trinajstić information content (AvgIpc) is 3.01. The summed E-state index contributed by atoms with van der Waals surface area (Å²) >= 11 is -3.48. The normalized spacial score (nSPS) is 11.8. The zero-order valence-corrected chi connectivity index (χ0v) is 24.3. The quantitative estimate of drug-likeness (QED) is 0.267. The maximum absolute atomic E-state index is 3.48. The van der Waals surface area contributed by atoms with Crippen molar-refractivity contribution >= 4 is 38.2 Å². The zero-order chi connectivity index (χ0) is 20.3. The summed E-state index contributed by atoms with van der Waals surface area (Å²) in [5.74, 6) is 0. The van der Waals surface area contributed by atoms with E-state index in [1.54, 1.807) is 6.54 Å². The molecule has 4 aliphatic rings. The largest absolute Gasteiger partial charge is 0.147 e.